The second-order valence-electron chi connectivity index (χ2n) is 5.19. The van der Waals surface area contributed by atoms with Crippen LogP contribution in [0.25, 0.3) is 0 Å². The number of nitrogens with one attached hydrogen (secondary N) is 1. The molecule has 3 unspecified atom stereocenters. The van der Waals surface area contributed by atoms with Crippen molar-refractivity contribution in [1.82, 2.24) is 5.32 Å². The summed E-state index contributed by atoms with van der Waals surface area (Å²) in [6.45, 7) is 7.55. The van der Waals surface area contributed by atoms with Gasteiger partial charge in [-0.2, -0.15) is 0 Å². The normalized spacial score (nSPS) is 28.6. The number of rotatable bonds is 6. The van der Waals surface area contributed by atoms with Crippen LogP contribution in [0.2, 0.25) is 0 Å². The van der Waals surface area contributed by atoms with Crippen LogP contribution in [-0.2, 0) is 4.74 Å². The average molecular weight is 213 g/mol. The molecule has 0 aromatic rings. The molecule has 0 heterocycles. The quantitative estimate of drug-likeness (QED) is 0.732. The monoisotopic (exact) mass is 213 g/mol. The van der Waals surface area contributed by atoms with Gasteiger partial charge in [0.2, 0.25) is 0 Å². The van der Waals surface area contributed by atoms with E-state index in [-0.39, 0.29) is 0 Å². The van der Waals surface area contributed by atoms with Crippen molar-refractivity contribution in [3.63, 3.8) is 0 Å². The smallest absolute Gasteiger partial charge is 0.0569 e. The van der Waals surface area contributed by atoms with E-state index in [0.29, 0.717) is 12.0 Å². The maximum atomic E-state index is 5.83. The highest BCUT2D eigenvalue weighted by Gasteiger charge is 2.25. The topological polar surface area (TPSA) is 21.3 Å². The highest BCUT2D eigenvalue weighted by molar-refractivity contribution is 4.81. The van der Waals surface area contributed by atoms with Crippen LogP contribution in [-0.4, -0.2) is 25.8 Å². The molecular formula is C13H27NO. The first-order valence-corrected chi connectivity index (χ1v) is 6.44. The first-order valence-electron chi connectivity index (χ1n) is 6.44. The Bertz CT molecular complexity index is 170. The van der Waals surface area contributed by atoms with Crippen LogP contribution < -0.4 is 5.32 Å². The van der Waals surface area contributed by atoms with E-state index in [0.717, 1.165) is 18.6 Å². The molecule has 2 heteroatoms. The molecule has 1 N–H and O–H groups in total. The van der Waals surface area contributed by atoms with E-state index in [2.05, 4.69) is 33.1 Å². The molecule has 1 fully saturated rings. The second-order valence-corrected chi connectivity index (χ2v) is 5.19. The lowest BCUT2D eigenvalue weighted by Crippen LogP contribution is -2.30. The van der Waals surface area contributed by atoms with Crippen molar-refractivity contribution in [3.8, 4) is 0 Å². The number of hydrogen-bond acceptors (Lipinski definition) is 2. The van der Waals surface area contributed by atoms with E-state index in [1.165, 1.54) is 25.7 Å². The zero-order chi connectivity index (χ0) is 11.3. The predicted octanol–water partition coefficient (Wildman–Crippen LogP) is 2.83. The standard InChI is InChI=1S/C13H27NO/c1-10(2)11(3)15-9-8-12-6-5-7-13(12)14-4/h10-14H,5-9H2,1-4H3. The molecule has 15 heavy (non-hydrogen) atoms. The summed E-state index contributed by atoms with van der Waals surface area (Å²) in [5, 5.41) is 3.42. The van der Waals surface area contributed by atoms with Crippen molar-refractivity contribution < 1.29 is 4.74 Å². The molecule has 1 aliphatic rings. The fourth-order valence-corrected chi connectivity index (χ4v) is 2.36. The fourth-order valence-electron chi connectivity index (χ4n) is 2.36. The van der Waals surface area contributed by atoms with Gasteiger partial charge < -0.3 is 10.1 Å². The van der Waals surface area contributed by atoms with Crippen molar-refractivity contribution >= 4 is 0 Å². The highest BCUT2D eigenvalue weighted by atomic mass is 16.5. The van der Waals surface area contributed by atoms with Gasteiger partial charge in [0, 0.05) is 12.6 Å². The fraction of sp³-hybridized carbons (Fsp3) is 1.00. The Morgan fingerprint density at radius 2 is 2.00 bits per heavy atom. The Labute approximate surface area is 94.8 Å². The summed E-state index contributed by atoms with van der Waals surface area (Å²) in [7, 11) is 2.08. The maximum Gasteiger partial charge on any atom is 0.0569 e. The molecule has 90 valence electrons. The summed E-state index contributed by atoms with van der Waals surface area (Å²) in [5.74, 6) is 1.48. The van der Waals surface area contributed by atoms with Crippen LogP contribution >= 0.6 is 0 Å². The van der Waals surface area contributed by atoms with Gasteiger partial charge in [0.25, 0.3) is 0 Å². The summed E-state index contributed by atoms with van der Waals surface area (Å²) in [6.07, 6.45) is 5.74. The molecular weight excluding hydrogens is 186 g/mol. The van der Waals surface area contributed by atoms with Crippen LogP contribution in [0.3, 0.4) is 0 Å². The van der Waals surface area contributed by atoms with Crippen molar-refractivity contribution in [3.05, 3.63) is 0 Å². The molecule has 0 saturated heterocycles. The number of hydrogen-bond donors (Lipinski definition) is 1. The van der Waals surface area contributed by atoms with Gasteiger partial charge in [-0.15, -0.1) is 0 Å². The lowest BCUT2D eigenvalue weighted by molar-refractivity contribution is 0.0267. The first kappa shape index (κ1) is 13.0. The van der Waals surface area contributed by atoms with E-state index in [9.17, 15) is 0 Å². The summed E-state index contributed by atoms with van der Waals surface area (Å²) in [5.41, 5.74) is 0. The van der Waals surface area contributed by atoms with E-state index in [1.54, 1.807) is 0 Å². The highest BCUT2D eigenvalue weighted by Crippen LogP contribution is 2.28. The van der Waals surface area contributed by atoms with E-state index >= 15 is 0 Å². The van der Waals surface area contributed by atoms with Crippen LogP contribution in [0.4, 0.5) is 0 Å². The van der Waals surface area contributed by atoms with Crippen molar-refractivity contribution in [2.75, 3.05) is 13.7 Å². The Hall–Kier alpha value is -0.0800. The largest absolute Gasteiger partial charge is 0.378 e. The van der Waals surface area contributed by atoms with Crippen LogP contribution in [0.1, 0.15) is 46.5 Å². The summed E-state index contributed by atoms with van der Waals surface area (Å²) >= 11 is 0. The Balaban J connectivity index is 2.14. The third-order valence-electron chi connectivity index (χ3n) is 3.84. The van der Waals surface area contributed by atoms with E-state index < -0.39 is 0 Å². The Kier molecular flexibility index (Phi) is 5.62. The summed E-state index contributed by atoms with van der Waals surface area (Å²) < 4.78 is 5.83. The van der Waals surface area contributed by atoms with Gasteiger partial charge in [-0.1, -0.05) is 20.3 Å². The SMILES string of the molecule is CNC1CCCC1CCOC(C)C(C)C. The summed E-state index contributed by atoms with van der Waals surface area (Å²) in [4.78, 5) is 0. The van der Waals surface area contributed by atoms with Crippen molar-refractivity contribution in [2.24, 2.45) is 11.8 Å². The van der Waals surface area contributed by atoms with Crippen molar-refractivity contribution in [1.29, 1.82) is 0 Å². The molecule has 0 aromatic heterocycles. The lowest BCUT2D eigenvalue weighted by atomic mass is 10.0. The second kappa shape index (κ2) is 6.49. The lowest BCUT2D eigenvalue weighted by Gasteiger charge is -2.21. The molecule has 2 nitrogen and oxygen atoms in total. The Morgan fingerprint density at radius 1 is 1.27 bits per heavy atom. The molecule has 0 radical (unpaired) electrons. The van der Waals surface area contributed by atoms with Gasteiger partial charge >= 0.3 is 0 Å². The van der Waals surface area contributed by atoms with Gasteiger partial charge in [0.15, 0.2) is 0 Å². The number of ether oxygens (including phenoxy) is 1. The third-order valence-corrected chi connectivity index (χ3v) is 3.84. The molecule has 0 aliphatic heterocycles. The van der Waals surface area contributed by atoms with Gasteiger partial charge in [-0.3, -0.25) is 0 Å². The van der Waals surface area contributed by atoms with Gasteiger partial charge in [-0.25, -0.2) is 0 Å². The average Bonchev–Trinajstić information content (AvgIpc) is 2.65. The molecule has 0 bridgehead atoms. The third kappa shape index (κ3) is 4.12. The van der Waals surface area contributed by atoms with Gasteiger partial charge in [0.05, 0.1) is 6.10 Å². The van der Waals surface area contributed by atoms with Gasteiger partial charge in [-0.05, 0) is 45.1 Å². The minimum Gasteiger partial charge on any atom is -0.378 e. The first-order chi connectivity index (χ1) is 7.15. The van der Waals surface area contributed by atoms with Crippen LogP contribution in [0, 0.1) is 11.8 Å². The zero-order valence-corrected chi connectivity index (χ0v) is 10.8. The molecule has 1 saturated carbocycles. The Morgan fingerprint density at radius 3 is 2.60 bits per heavy atom. The molecule has 0 amide bonds. The zero-order valence-electron chi connectivity index (χ0n) is 10.8. The molecule has 1 aliphatic carbocycles. The molecule has 1 rings (SSSR count). The molecule has 0 aromatic carbocycles. The van der Waals surface area contributed by atoms with Gasteiger partial charge in [0.1, 0.15) is 0 Å². The molecule has 3 atom stereocenters. The van der Waals surface area contributed by atoms with Crippen LogP contribution in [0.5, 0.6) is 0 Å². The minimum absolute atomic E-state index is 0.402. The predicted molar refractivity (Wildman–Crippen MR) is 65.1 cm³/mol. The molecule has 0 spiro atoms. The van der Waals surface area contributed by atoms with Crippen molar-refractivity contribution in [2.45, 2.75) is 58.6 Å². The van der Waals surface area contributed by atoms with Crippen LogP contribution in [0.15, 0.2) is 0 Å². The maximum absolute atomic E-state index is 5.83. The van der Waals surface area contributed by atoms with E-state index in [4.69, 9.17) is 4.74 Å². The summed E-state index contributed by atoms with van der Waals surface area (Å²) in [6, 6.07) is 0.739. The minimum atomic E-state index is 0.402. The van der Waals surface area contributed by atoms with E-state index in [1.807, 2.05) is 0 Å².